The van der Waals surface area contributed by atoms with Crippen LogP contribution in [0, 0.1) is 11.2 Å². The van der Waals surface area contributed by atoms with E-state index in [0.717, 1.165) is 17.7 Å². The molecule has 2 aliphatic rings. The zero-order chi connectivity index (χ0) is 27.0. The maximum absolute atomic E-state index is 13.7. The summed E-state index contributed by atoms with van der Waals surface area (Å²) < 4.78 is 13.6. The monoisotopic (exact) mass is 534 g/mol. The van der Waals surface area contributed by atoms with Crippen LogP contribution in [0.3, 0.4) is 0 Å². The topological polar surface area (TPSA) is 107 Å². The highest BCUT2D eigenvalue weighted by atomic mass is 35.5. The quantitative estimate of drug-likeness (QED) is 0.391. The van der Waals surface area contributed by atoms with E-state index >= 15 is 0 Å². The van der Waals surface area contributed by atoms with Crippen molar-refractivity contribution in [1.82, 2.24) is 0 Å². The number of hydrogen-bond acceptors (Lipinski definition) is 4. The number of rotatable bonds is 4. The van der Waals surface area contributed by atoms with Crippen molar-refractivity contribution in [2.75, 3.05) is 16.8 Å². The average Bonchev–Trinajstić information content (AvgIpc) is 3.23. The van der Waals surface area contributed by atoms with Gasteiger partial charge in [0.05, 0.1) is 16.1 Å². The molecule has 0 aromatic heterocycles. The summed E-state index contributed by atoms with van der Waals surface area (Å²) in [4.78, 5) is 39.4. The molecule has 38 heavy (non-hydrogen) atoms. The van der Waals surface area contributed by atoms with Crippen LogP contribution in [0.25, 0.3) is 0 Å². The van der Waals surface area contributed by atoms with Crippen LogP contribution in [-0.2, 0) is 11.2 Å². The van der Waals surface area contributed by atoms with Gasteiger partial charge in [0.15, 0.2) is 0 Å². The summed E-state index contributed by atoms with van der Waals surface area (Å²) in [5.41, 5.74) is 1.88. The number of phenols is 1. The highest BCUT2D eigenvalue weighted by molar-refractivity contribution is 6.34. The molecule has 0 radical (unpaired) electrons. The van der Waals surface area contributed by atoms with Gasteiger partial charge in [0.25, 0.3) is 11.8 Å². The fourth-order valence-corrected chi connectivity index (χ4v) is 5.47. The molecule has 1 aliphatic heterocycles. The lowest BCUT2D eigenvalue weighted by Gasteiger charge is -2.26. The molecule has 1 heterocycles. The molecule has 1 aliphatic carbocycles. The van der Waals surface area contributed by atoms with Gasteiger partial charge in [-0.15, -0.1) is 0 Å². The number of phenolic OH excluding ortho intramolecular Hbond substituents is 1. The molecule has 194 valence electrons. The van der Waals surface area contributed by atoms with Gasteiger partial charge in [0.1, 0.15) is 11.6 Å². The number of carboxylic acids is 1. The standard InChI is InChI=1S/C29H24ClFN2O5/c30-23-8-5-19(31)13-22(23)26(35)32-20-6-7-21(25(34)14-20)27(36)33-12-11-29(10-9-18(16-29)28(37)38)15-17-3-1-2-4-24(17)33/h1-8,13-14,16,34H,9-12,15H2,(H,32,35)(H,37,38)/t29-/m0/s1. The van der Waals surface area contributed by atoms with Gasteiger partial charge in [0, 0.05) is 29.6 Å². The van der Waals surface area contributed by atoms with Crippen molar-refractivity contribution in [3.8, 4) is 5.75 Å². The Hall–Kier alpha value is -4.17. The number of benzene rings is 3. The summed E-state index contributed by atoms with van der Waals surface area (Å²) in [6, 6.07) is 15.1. The van der Waals surface area contributed by atoms with Crippen LogP contribution in [-0.4, -0.2) is 34.5 Å². The van der Waals surface area contributed by atoms with Gasteiger partial charge in [0.2, 0.25) is 0 Å². The minimum Gasteiger partial charge on any atom is -0.507 e. The number of para-hydroxylation sites is 1. The highest BCUT2D eigenvalue weighted by Crippen LogP contribution is 2.46. The van der Waals surface area contributed by atoms with Crippen LogP contribution in [0.15, 0.2) is 72.3 Å². The minimum atomic E-state index is -0.913. The lowest BCUT2D eigenvalue weighted by molar-refractivity contribution is -0.132. The molecule has 9 heteroatoms. The Morgan fingerprint density at radius 3 is 2.53 bits per heavy atom. The maximum atomic E-state index is 13.7. The van der Waals surface area contributed by atoms with Crippen molar-refractivity contribution >= 4 is 40.8 Å². The molecular weight excluding hydrogens is 511 g/mol. The molecule has 0 fully saturated rings. The Morgan fingerprint density at radius 2 is 1.79 bits per heavy atom. The lowest BCUT2D eigenvalue weighted by atomic mass is 9.79. The number of anilines is 2. The molecule has 0 saturated carbocycles. The minimum absolute atomic E-state index is 0.0470. The van der Waals surface area contributed by atoms with Gasteiger partial charge in [-0.05, 0) is 73.1 Å². The Morgan fingerprint density at radius 1 is 1.00 bits per heavy atom. The molecule has 0 bridgehead atoms. The van der Waals surface area contributed by atoms with Crippen LogP contribution >= 0.6 is 11.6 Å². The highest BCUT2D eigenvalue weighted by Gasteiger charge is 2.39. The SMILES string of the molecule is O=C(O)C1=C[C@@]2(CC1)CCN(C(=O)c1ccc(NC(=O)c3cc(F)ccc3Cl)cc1O)c1ccccc1C2. The zero-order valence-electron chi connectivity index (χ0n) is 20.2. The molecule has 3 aromatic rings. The molecule has 7 nitrogen and oxygen atoms in total. The van der Waals surface area contributed by atoms with Crippen molar-refractivity contribution in [3.63, 3.8) is 0 Å². The molecule has 0 saturated heterocycles. The third-order valence-electron chi connectivity index (χ3n) is 7.21. The van der Waals surface area contributed by atoms with Crippen molar-refractivity contribution in [3.05, 3.63) is 99.8 Å². The number of fused-ring (bicyclic) bond motifs is 1. The fourth-order valence-electron chi connectivity index (χ4n) is 5.27. The normalized spacial score (nSPS) is 18.5. The largest absolute Gasteiger partial charge is 0.507 e. The predicted octanol–water partition coefficient (Wildman–Crippen LogP) is 5.82. The van der Waals surface area contributed by atoms with E-state index in [0.29, 0.717) is 43.5 Å². The number of aromatic hydroxyl groups is 1. The van der Waals surface area contributed by atoms with E-state index in [4.69, 9.17) is 11.6 Å². The van der Waals surface area contributed by atoms with Gasteiger partial charge in [-0.1, -0.05) is 35.9 Å². The number of amides is 2. The summed E-state index contributed by atoms with van der Waals surface area (Å²) in [5.74, 6) is -2.94. The van der Waals surface area contributed by atoms with E-state index in [1.807, 2.05) is 30.3 Å². The number of nitrogens with zero attached hydrogens (tertiary/aromatic N) is 1. The second-order valence-corrected chi connectivity index (χ2v) is 10.1. The second kappa shape index (κ2) is 9.95. The van der Waals surface area contributed by atoms with Crippen LogP contribution in [0.1, 0.15) is 45.5 Å². The molecule has 5 rings (SSSR count). The van der Waals surface area contributed by atoms with Gasteiger partial charge >= 0.3 is 5.97 Å². The van der Waals surface area contributed by atoms with Crippen LogP contribution in [0.4, 0.5) is 15.8 Å². The van der Waals surface area contributed by atoms with E-state index < -0.39 is 23.6 Å². The van der Waals surface area contributed by atoms with Gasteiger partial charge in [-0.3, -0.25) is 9.59 Å². The van der Waals surface area contributed by atoms with Crippen LogP contribution in [0.5, 0.6) is 5.75 Å². The molecule has 1 spiro atoms. The van der Waals surface area contributed by atoms with E-state index in [9.17, 15) is 29.0 Å². The number of aliphatic carboxylic acids is 1. The number of nitrogens with one attached hydrogen (secondary N) is 1. The van der Waals surface area contributed by atoms with Crippen molar-refractivity contribution in [1.29, 1.82) is 0 Å². The lowest BCUT2D eigenvalue weighted by Crippen LogP contribution is -2.33. The average molecular weight is 535 g/mol. The fraction of sp³-hybridized carbons (Fsp3) is 0.207. The summed E-state index contributed by atoms with van der Waals surface area (Å²) in [5, 5.41) is 22.8. The number of hydrogen-bond donors (Lipinski definition) is 3. The Bertz CT molecular complexity index is 1500. The molecular formula is C29H24ClFN2O5. The van der Waals surface area contributed by atoms with E-state index in [2.05, 4.69) is 5.32 Å². The van der Waals surface area contributed by atoms with Crippen LogP contribution in [0.2, 0.25) is 5.02 Å². The number of carbonyl (C=O) groups excluding carboxylic acids is 2. The maximum Gasteiger partial charge on any atom is 0.331 e. The number of carboxylic acid groups (broad SMARTS) is 1. The smallest absolute Gasteiger partial charge is 0.331 e. The summed E-state index contributed by atoms with van der Waals surface area (Å²) >= 11 is 6.00. The molecule has 3 aromatic carbocycles. The summed E-state index contributed by atoms with van der Waals surface area (Å²) in [6.07, 6.45) is 4.22. The van der Waals surface area contributed by atoms with Gasteiger partial charge in [-0.25, -0.2) is 9.18 Å². The first-order chi connectivity index (χ1) is 18.2. The van der Waals surface area contributed by atoms with E-state index in [-0.39, 0.29) is 33.0 Å². The van der Waals surface area contributed by atoms with E-state index in [1.165, 1.54) is 24.3 Å². The third kappa shape index (κ3) is 4.87. The summed E-state index contributed by atoms with van der Waals surface area (Å²) in [6.45, 7) is 0.343. The van der Waals surface area contributed by atoms with Gasteiger partial charge in [-0.2, -0.15) is 0 Å². The van der Waals surface area contributed by atoms with Crippen LogP contribution < -0.4 is 10.2 Å². The number of halogens is 2. The summed E-state index contributed by atoms with van der Waals surface area (Å²) in [7, 11) is 0. The van der Waals surface area contributed by atoms with Crippen molar-refractivity contribution in [2.24, 2.45) is 5.41 Å². The first-order valence-electron chi connectivity index (χ1n) is 12.1. The van der Waals surface area contributed by atoms with Gasteiger partial charge < -0.3 is 20.4 Å². The zero-order valence-corrected chi connectivity index (χ0v) is 21.0. The second-order valence-electron chi connectivity index (χ2n) is 9.66. The third-order valence-corrected chi connectivity index (χ3v) is 7.54. The Balaban J connectivity index is 1.40. The Kier molecular flexibility index (Phi) is 6.67. The number of allylic oxidation sites excluding steroid dienone is 1. The first kappa shape index (κ1) is 25.5. The van der Waals surface area contributed by atoms with E-state index in [1.54, 1.807) is 4.90 Å². The number of carbonyl (C=O) groups is 3. The Labute approximate surface area is 223 Å². The molecule has 2 amide bonds. The van der Waals surface area contributed by atoms with Crippen molar-refractivity contribution < 1.29 is 29.0 Å². The first-order valence-corrected chi connectivity index (χ1v) is 12.5. The van der Waals surface area contributed by atoms with Crippen molar-refractivity contribution in [2.45, 2.75) is 25.7 Å². The predicted molar refractivity (Wildman–Crippen MR) is 141 cm³/mol. The molecule has 3 N–H and O–H groups in total. The molecule has 1 atom stereocenters. The molecule has 0 unspecified atom stereocenters.